The molecule has 1 saturated heterocycles. The number of imidazole rings is 1. The Balaban J connectivity index is 1.59. The molecule has 0 spiro atoms. The van der Waals surface area contributed by atoms with Crippen molar-refractivity contribution in [1.82, 2.24) is 29.2 Å². The highest BCUT2D eigenvalue weighted by Gasteiger charge is 2.25. The number of benzene rings is 1. The fourth-order valence-corrected chi connectivity index (χ4v) is 4.88. The highest BCUT2D eigenvalue weighted by Crippen LogP contribution is 2.37. The maximum Gasteiger partial charge on any atom is 0.420 e. The molecule has 6 rings (SSSR count). The number of aromatic nitrogens is 5. The second-order valence-corrected chi connectivity index (χ2v) is 8.97. The van der Waals surface area contributed by atoms with Gasteiger partial charge in [-0.25, -0.2) is 19.7 Å². The Labute approximate surface area is 206 Å². The molecule has 5 heterocycles. The summed E-state index contributed by atoms with van der Waals surface area (Å²) in [5.41, 5.74) is 5.27. The minimum atomic E-state index is -0.466. The number of hydrogen-bond acceptors (Lipinski definition) is 8. The van der Waals surface area contributed by atoms with Crippen LogP contribution in [0.25, 0.3) is 39.3 Å². The fourth-order valence-electron chi connectivity index (χ4n) is 4.88. The number of hydrogen-bond donors (Lipinski definition) is 1. The van der Waals surface area contributed by atoms with Crippen molar-refractivity contribution in [1.29, 1.82) is 5.26 Å². The smallest absolute Gasteiger partial charge is 0.406 e. The molecule has 1 aliphatic heterocycles. The van der Waals surface area contributed by atoms with Gasteiger partial charge in [0.2, 0.25) is 5.95 Å². The van der Waals surface area contributed by atoms with Crippen LogP contribution in [0.2, 0.25) is 0 Å². The lowest BCUT2D eigenvalue weighted by Crippen LogP contribution is -2.42. The molecule has 0 aliphatic carbocycles. The zero-order chi connectivity index (χ0) is 24.8. The van der Waals surface area contributed by atoms with E-state index in [1.165, 1.54) is 4.57 Å². The summed E-state index contributed by atoms with van der Waals surface area (Å²) in [7, 11) is 3.63. The molecule has 1 fully saturated rings. The Morgan fingerprint density at radius 2 is 1.89 bits per heavy atom. The summed E-state index contributed by atoms with van der Waals surface area (Å²) in [6.45, 7) is 1.75. The first-order chi connectivity index (χ1) is 17.6. The van der Waals surface area contributed by atoms with Gasteiger partial charge in [0.1, 0.15) is 5.65 Å². The molecule has 0 amide bonds. The largest absolute Gasteiger partial charge is 0.420 e. The summed E-state index contributed by atoms with van der Waals surface area (Å²) >= 11 is 0. The zero-order valence-electron chi connectivity index (χ0n) is 20.0. The molecule has 0 saturated carbocycles. The number of oxazole rings is 1. The van der Waals surface area contributed by atoms with Crippen LogP contribution in [0.1, 0.15) is 18.4 Å². The molecule has 1 aromatic carbocycles. The number of fused-ring (bicyclic) bond motifs is 2. The lowest BCUT2D eigenvalue weighted by molar-refractivity contribution is 0.438. The topological polar surface area (TPSA) is 117 Å². The van der Waals surface area contributed by atoms with Crippen LogP contribution >= 0.6 is 0 Å². The molecule has 4 aromatic heterocycles. The Bertz CT molecular complexity index is 1680. The van der Waals surface area contributed by atoms with E-state index in [0.717, 1.165) is 59.9 Å². The maximum atomic E-state index is 12.1. The lowest BCUT2D eigenvalue weighted by Gasteiger charge is -2.33. The van der Waals surface area contributed by atoms with Gasteiger partial charge in [-0.05, 0) is 38.1 Å². The van der Waals surface area contributed by atoms with Gasteiger partial charge in [-0.2, -0.15) is 5.26 Å². The normalized spacial score (nSPS) is 14.5. The molecule has 10 heteroatoms. The predicted molar refractivity (Wildman–Crippen MR) is 136 cm³/mol. The van der Waals surface area contributed by atoms with Crippen molar-refractivity contribution in [2.45, 2.75) is 18.9 Å². The summed E-state index contributed by atoms with van der Waals surface area (Å²) in [6, 6.07) is 11.8. The van der Waals surface area contributed by atoms with Crippen LogP contribution in [-0.4, -0.2) is 50.1 Å². The van der Waals surface area contributed by atoms with Crippen LogP contribution in [0, 0.1) is 11.3 Å². The molecule has 0 bridgehead atoms. The van der Waals surface area contributed by atoms with Gasteiger partial charge < -0.3 is 14.6 Å². The average Bonchev–Trinajstić information content (AvgIpc) is 3.52. The summed E-state index contributed by atoms with van der Waals surface area (Å²) in [6.07, 6.45) is 7.45. The van der Waals surface area contributed by atoms with Gasteiger partial charge in [-0.1, -0.05) is 12.1 Å². The summed E-state index contributed by atoms with van der Waals surface area (Å²) < 4.78 is 8.80. The Kier molecular flexibility index (Phi) is 5.27. The van der Waals surface area contributed by atoms with Crippen molar-refractivity contribution in [2.75, 3.05) is 25.0 Å². The lowest BCUT2D eigenvalue weighted by atomic mass is 10.00. The maximum absolute atomic E-state index is 12.1. The van der Waals surface area contributed by atoms with E-state index >= 15 is 0 Å². The Morgan fingerprint density at radius 3 is 2.61 bits per heavy atom. The molecule has 180 valence electrons. The van der Waals surface area contributed by atoms with Gasteiger partial charge in [0.25, 0.3) is 0 Å². The fraction of sp³-hybridized carbons (Fsp3) is 0.269. The van der Waals surface area contributed by atoms with Crippen LogP contribution in [0.4, 0.5) is 5.95 Å². The second kappa shape index (κ2) is 8.62. The van der Waals surface area contributed by atoms with Crippen LogP contribution < -0.4 is 16.0 Å². The number of nitrogens with zero attached hydrogens (tertiary/aromatic N) is 7. The third kappa shape index (κ3) is 3.52. The van der Waals surface area contributed by atoms with Crippen molar-refractivity contribution in [2.24, 2.45) is 7.05 Å². The van der Waals surface area contributed by atoms with Crippen molar-refractivity contribution in [3.8, 4) is 28.5 Å². The molecule has 0 unspecified atom stereocenters. The quantitative estimate of drug-likeness (QED) is 0.417. The number of aryl methyl sites for hydroxylation is 1. The highest BCUT2D eigenvalue weighted by atomic mass is 16.4. The number of nitrogens with one attached hydrogen (secondary N) is 1. The summed E-state index contributed by atoms with van der Waals surface area (Å²) in [4.78, 5) is 28.7. The van der Waals surface area contributed by atoms with Gasteiger partial charge in [-0.15, -0.1) is 0 Å². The highest BCUT2D eigenvalue weighted by molar-refractivity contribution is 5.93. The first kappa shape index (κ1) is 22.0. The first-order valence-corrected chi connectivity index (χ1v) is 11.8. The molecule has 0 radical (unpaired) electrons. The minimum Gasteiger partial charge on any atom is -0.406 e. The second-order valence-electron chi connectivity index (χ2n) is 8.97. The summed E-state index contributed by atoms with van der Waals surface area (Å²) in [5, 5.41) is 12.7. The number of pyridine rings is 1. The van der Waals surface area contributed by atoms with E-state index < -0.39 is 5.76 Å². The van der Waals surface area contributed by atoms with E-state index in [1.54, 1.807) is 37.6 Å². The minimum absolute atomic E-state index is 0.397. The van der Waals surface area contributed by atoms with Crippen molar-refractivity contribution in [3.63, 3.8) is 0 Å². The van der Waals surface area contributed by atoms with Crippen LogP contribution in [0.15, 0.2) is 58.1 Å². The molecular weight excluding hydrogens is 456 g/mol. The third-order valence-corrected chi connectivity index (χ3v) is 6.91. The SMILES string of the molecule is CNC1CCN(c2nc(-c3ccc(C#N)cc3)c(-c3cnc4c(c3)oc(=O)n4C)c3nccn23)CC1. The average molecular weight is 481 g/mol. The monoisotopic (exact) mass is 480 g/mol. The molecule has 10 nitrogen and oxygen atoms in total. The van der Waals surface area contributed by atoms with E-state index in [2.05, 4.69) is 21.3 Å². The van der Waals surface area contributed by atoms with E-state index in [-0.39, 0.29) is 0 Å². The van der Waals surface area contributed by atoms with Crippen molar-refractivity contribution in [3.05, 3.63) is 65.0 Å². The van der Waals surface area contributed by atoms with Crippen molar-refractivity contribution >= 4 is 22.8 Å². The molecule has 0 atom stereocenters. The van der Waals surface area contributed by atoms with E-state index in [4.69, 9.17) is 14.4 Å². The number of anilines is 1. The number of piperidine rings is 1. The Hall–Kier alpha value is -4.49. The molecular formula is C26H24N8O2. The first-order valence-electron chi connectivity index (χ1n) is 11.8. The predicted octanol–water partition coefficient (Wildman–Crippen LogP) is 2.96. The van der Waals surface area contributed by atoms with E-state index in [0.29, 0.717) is 22.8 Å². The van der Waals surface area contributed by atoms with E-state index in [1.807, 2.05) is 29.8 Å². The Morgan fingerprint density at radius 1 is 1.11 bits per heavy atom. The molecule has 36 heavy (non-hydrogen) atoms. The molecule has 1 N–H and O–H groups in total. The standard InChI is InChI=1S/C26H24N8O2/c1-28-19-7-10-33(11-8-19)25-31-22(17-5-3-16(14-27)4-6-17)21(24-29-9-12-34(24)25)18-13-20-23(30-15-18)32(2)26(35)36-20/h3-6,9,12-13,15,19,28H,7-8,10-11H2,1-2H3. The van der Waals surface area contributed by atoms with Gasteiger partial charge in [0.15, 0.2) is 11.2 Å². The van der Waals surface area contributed by atoms with Crippen LogP contribution in [0.5, 0.6) is 0 Å². The third-order valence-electron chi connectivity index (χ3n) is 6.91. The van der Waals surface area contributed by atoms with Crippen LogP contribution in [-0.2, 0) is 7.05 Å². The zero-order valence-corrected chi connectivity index (χ0v) is 20.0. The van der Waals surface area contributed by atoms with Gasteiger partial charge in [0, 0.05) is 55.9 Å². The van der Waals surface area contributed by atoms with Gasteiger partial charge >= 0.3 is 5.76 Å². The van der Waals surface area contributed by atoms with E-state index in [9.17, 15) is 10.1 Å². The molecule has 1 aliphatic rings. The van der Waals surface area contributed by atoms with Gasteiger partial charge in [0.05, 0.1) is 22.9 Å². The van der Waals surface area contributed by atoms with Gasteiger partial charge in [-0.3, -0.25) is 8.97 Å². The number of nitriles is 1. The number of rotatable bonds is 4. The van der Waals surface area contributed by atoms with Crippen molar-refractivity contribution < 1.29 is 4.42 Å². The molecule has 5 aromatic rings. The van der Waals surface area contributed by atoms with Crippen LogP contribution in [0.3, 0.4) is 0 Å². The summed E-state index contributed by atoms with van der Waals surface area (Å²) in [5.74, 6) is 0.354.